The molecule has 0 atom stereocenters. The molecule has 0 bridgehead atoms. The van der Waals surface area contributed by atoms with Crippen molar-refractivity contribution in [3.63, 3.8) is 0 Å². The zero-order valence-electron chi connectivity index (χ0n) is 12.5. The number of carbonyl (C=O) groups is 1. The van der Waals surface area contributed by atoms with Crippen LogP contribution in [-0.4, -0.2) is 17.1 Å². The second kappa shape index (κ2) is 6.03. The lowest BCUT2D eigenvalue weighted by atomic mass is 10.0. The molecule has 0 saturated carbocycles. The first-order valence-corrected chi connectivity index (χ1v) is 7.19. The summed E-state index contributed by atoms with van der Waals surface area (Å²) in [6.45, 7) is -0.112. The predicted octanol–water partition coefficient (Wildman–Crippen LogP) is 2.63. The Morgan fingerprint density at radius 2 is 1.82 bits per heavy atom. The van der Waals surface area contributed by atoms with Crippen LogP contribution in [0.1, 0.15) is 11.1 Å². The van der Waals surface area contributed by atoms with Crippen molar-refractivity contribution in [2.45, 2.75) is 6.42 Å². The largest absolute Gasteiger partial charge is 0.426 e. The van der Waals surface area contributed by atoms with Crippen LogP contribution in [0, 0.1) is 0 Å². The van der Waals surface area contributed by atoms with Crippen molar-refractivity contribution in [2.24, 2.45) is 12.8 Å². The minimum absolute atomic E-state index is 0.112. The van der Waals surface area contributed by atoms with E-state index in [2.05, 4.69) is 35.0 Å². The van der Waals surface area contributed by atoms with Gasteiger partial charge in [0.05, 0.1) is 6.54 Å². The molecular formula is C18H18N2O2. The molecule has 4 heteroatoms. The van der Waals surface area contributed by atoms with E-state index in [1.165, 1.54) is 22.0 Å². The van der Waals surface area contributed by atoms with E-state index >= 15 is 0 Å². The number of aryl methyl sites for hydroxylation is 1. The number of nitrogens with two attached hydrogens (primary N) is 1. The van der Waals surface area contributed by atoms with Crippen molar-refractivity contribution >= 4 is 16.9 Å². The molecule has 22 heavy (non-hydrogen) atoms. The summed E-state index contributed by atoms with van der Waals surface area (Å²) in [4.78, 5) is 11.1. The first-order valence-electron chi connectivity index (χ1n) is 7.19. The van der Waals surface area contributed by atoms with Crippen LogP contribution >= 0.6 is 0 Å². The minimum Gasteiger partial charge on any atom is -0.426 e. The molecule has 0 radical (unpaired) electrons. The van der Waals surface area contributed by atoms with Crippen molar-refractivity contribution in [1.82, 2.24) is 4.57 Å². The van der Waals surface area contributed by atoms with Gasteiger partial charge >= 0.3 is 5.97 Å². The number of nitrogens with zero attached hydrogens (tertiary/aromatic N) is 1. The van der Waals surface area contributed by atoms with Crippen molar-refractivity contribution in [2.75, 3.05) is 6.54 Å². The number of fused-ring (bicyclic) bond motifs is 1. The number of rotatable bonds is 4. The van der Waals surface area contributed by atoms with Crippen LogP contribution in [-0.2, 0) is 18.3 Å². The lowest BCUT2D eigenvalue weighted by Gasteiger charge is -2.06. The van der Waals surface area contributed by atoms with E-state index in [1.807, 2.05) is 19.2 Å². The van der Waals surface area contributed by atoms with E-state index in [1.54, 1.807) is 12.1 Å². The number of esters is 1. The summed E-state index contributed by atoms with van der Waals surface area (Å²) in [6.07, 6.45) is 2.91. The molecule has 1 aromatic heterocycles. The first kappa shape index (κ1) is 14.4. The van der Waals surface area contributed by atoms with Gasteiger partial charge in [-0.15, -0.1) is 0 Å². The molecule has 4 nitrogen and oxygen atoms in total. The molecule has 0 aliphatic heterocycles. The minimum atomic E-state index is -0.428. The fourth-order valence-electron chi connectivity index (χ4n) is 2.53. The molecule has 2 aromatic carbocycles. The molecule has 2 N–H and O–H groups in total. The van der Waals surface area contributed by atoms with E-state index in [9.17, 15) is 4.79 Å². The molecule has 0 saturated heterocycles. The normalized spacial score (nSPS) is 10.8. The van der Waals surface area contributed by atoms with E-state index in [0.717, 1.165) is 6.42 Å². The fraction of sp³-hybridized carbons (Fsp3) is 0.167. The molecule has 112 valence electrons. The van der Waals surface area contributed by atoms with Crippen LogP contribution < -0.4 is 10.5 Å². The Labute approximate surface area is 129 Å². The standard InChI is InChI=1S/C18H18N2O2/c1-20-9-8-15-11-14(4-7-17(15)20)10-13-2-5-16(6-3-13)22-18(21)12-19/h2-9,11H,10,12,19H2,1H3. The Hall–Kier alpha value is -2.59. The summed E-state index contributed by atoms with van der Waals surface area (Å²) >= 11 is 0. The zero-order chi connectivity index (χ0) is 15.5. The smallest absolute Gasteiger partial charge is 0.325 e. The van der Waals surface area contributed by atoms with Crippen LogP contribution in [0.25, 0.3) is 10.9 Å². The van der Waals surface area contributed by atoms with Crippen molar-refractivity contribution in [3.8, 4) is 5.75 Å². The van der Waals surface area contributed by atoms with E-state index in [-0.39, 0.29) is 6.54 Å². The van der Waals surface area contributed by atoms with Gasteiger partial charge in [0.15, 0.2) is 0 Å². The summed E-state index contributed by atoms with van der Waals surface area (Å²) in [7, 11) is 2.05. The Morgan fingerprint density at radius 3 is 2.55 bits per heavy atom. The highest BCUT2D eigenvalue weighted by atomic mass is 16.5. The summed E-state index contributed by atoms with van der Waals surface area (Å²) in [6, 6.07) is 16.1. The van der Waals surface area contributed by atoms with Gasteiger partial charge in [0, 0.05) is 18.8 Å². The Bertz CT molecular complexity index is 804. The third kappa shape index (κ3) is 3.02. The van der Waals surface area contributed by atoms with Crippen molar-refractivity contribution < 1.29 is 9.53 Å². The number of benzene rings is 2. The highest BCUT2D eigenvalue weighted by molar-refractivity contribution is 5.80. The van der Waals surface area contributed by atoms with E-state index in [4.69, 9.17) is 10.5 Å². The van der Waals surface area contributed by atoms with Gasteiger partial charge in [-0.1, -0.05) is 18.2 Å². The average Bonchev–Trinajstić information content (AvgIpc) is 2.90. The SMILES string of the molecule is Cn1ccc2cc(Cc3ccc(OC(=O)CN)cc3)ccc21. The van der Waals surface area contributed by atoms with E-state index < -0.39 is 5.97 Å². The van der Waals surface area contributed by atoms with Gasteiger partial charge in [-0.25, -0.2) is 0 Å². The average molecular weight is 294 g/mol. The van der Waals surface area contributed by atoms with Gasteiger partial charge in [0.1, 0.15) is 5.75 Å². The topological polar surface area (TPSA) is 57.2 Å². The lowest BCUT2D eigenvalue weighted by molar-refractivity contribution is -0.132. The number of ether oxygens (including phenoxy) is 1. The molecule has 0 aliphatic carbocycles. The number of hydrogen-bond acceptors (Lipinski definition) is 3. The number of hydrogen-bond donors (Lipinski definition) is 1. The monoisotopic (exact) mass is 294 g/mol. The molecule has 0 spiro atoms. The molecule has 0 fully saturated rings. The van der Waals surface area contributed by atoms with Crippen LogP contribution in [0.5, 0.6) is 5.75 Å². The van der Waals surface area contributed by atoms with E-state index in [0.29, 0.717) is 5.75 Å². The zero-order valence-corrected chi connectivity index (χ0v) is 12.5. The van der Waals surface area contributed by atoms with Gasteiger partial charge in [-0.2, -0.15) is 0 Å². The van der Waals surface area contributed by atoms with Gasteiger partial charge in [-0.05, 0) is 53.3 Å². The number of aromatic nitrogens is 1. The molecule has 3 rings (SSSR count). The molecule has 1 heterocycles. The predicted molar refractivity (Wildman–Crippen MR) is 86.9 cm³/mol. The van der Waals surface area contributed by atoms with Crippen LogP contribution in [0.4, 0.5) is 0 Å². The second-order valence-corrected chi connectivity index (χ2v) is 5.32. The Balaban J connectivity index is 1.75. The third-order valence-electron chi connectivity index (χ3n) is 3.68. The first-order chi connectivity index (χ1) is 10.7. The van der Waals surface area contributed by atoms with Gasteiger partial charge in [-0.3, -0.25) is 4.79 Å². The molecule has 3 aromatic rings. The van der Waals surface area contributed by atoms with Crippen LogP contribution in [0.3, 0.4) is 0 Å². The maximum Gasteiger partial charge on any atom is 0.325 e. The highest BCUT2D eigenvalue weighted by Gasteiger charge is 2.04. The second-order valence-electron chi connectivity index (χ2n) is 5.32. The van der Waals surface area contributed by atoms with Gasteiger partial charge in [0.25, 0.3) is 0 Å². The van der Waals surface area contributed by atoms with Crippen LogP contribution in [0.15, 0.2) is 54.7 Å². The quantitative estimate of drug-likeness (QED) is 0.594. The lowest BCUT2D eigenvalue weighted by Crippen LogP contribution is -2.19. The Morgan fingerprint density at radius 1 is 1.09 bits per heavy atom. The summed E-state index contributed by atoms with van der Waals surface area (Å²) in [5.41, 5.74) is 8.88. The summed E-state index contributed by atoms with van der Waals surface area (Å²) in [5.74, 6) is 0.0972. The van der Waals surface area contributed by atoms with Crippen LogP contribution in [0.2, 0.25) is 0 Å². The Kier molecular flexibility index (Phi) is 3.94. The molecule has 0 amide bonds. The van der Waals surface area contributed by atoms with Gasteiger partial charge < -0.3 is 15.0 Å². The third-order valence-corrected chi connectivity index (χ3v) is 3.68. The molecule has 0 unspecified atom stereocenters. The molecule has 0 aliphatic rings. The fourth-order valence-corrected chi connectivity index (χ4v) is 2.53. The van der Waals surface area contributed by atoms with Crippen molar-refractivity contribution in [3.05, 3.63) is 65.9 Å². The maximum absolute atomic E-state index is 11.1. The highest BCUT2D eigenvalue weighted by Crippen LogP contribution is 2.20. The maximum atomic E-state index is 11.1. The van der Waals surface area contributed by atoms with Crippen molar-refractivity contribution in [1.29, 1.82) is 0 Å². The van der Waals surface area contributed by atoms with Gasteiger partial charge in [0.2, 0.25) is 0 Å². The summed E-state index contributed by atoms with van der Waals surface area (Å²) in [5, 5.41) is 1.24. The number of carbonyl (C=O) groups excluding carboxylic acids is 1. The summed E-state index contributed by atoms with van der Waals surface area (Å²) < 4.78 is 7.17. The molecular weight excluding hydrogens is 276 g/mol.